The van der Waals surface area contributed by atoms with Crippen molar-refractivity contribution in [2.45, 2.75) is 159 Å². The van der Waals surface area contributed by atoms with Crippen molar-refractivity contribution in [1.29, 1.82) is 0 Å². The number of amidine groups is 1. The lowest BCUT2D eigenvalue weighted by molar-refractivity contribution is 0.270. The molecule has 3 aliphatic rings. The summed E-state index contributed by atoms with van der Waals surface area (Å²) in [7, 11) is 1.98. The average Bonchev–Trinajstić information content (AvgIpc) is 1.64. The molecule has 23 heterocycles. The van der Waals surface area contributed by atoms with Gasteiger partial charge in [-0.3, -0.25) is 60.1 Å². The van der Waals surface area contributed by atoms with Crippen LogP contribution in [0, 0.1) is 31.6 Å². The third-order valence-corrected chi connectivity index (χ3v) is 25.1. The van der Waals surface area contributed by atoms with E-state index in [4.69, 9.17) is 4.99 Å². The zero-order valence-electron chi connectivity index (χ0n) is 78.7. The molecule has 25 rings (SSSR count). The monoisotopic (exact) mass is 1840 g/mol. The number of aliphatic imine (C=N–C) groups is 1. The zero-order valence-corrected chi connectivity index (χ0v) is 78.7. The first kappa shape index (κ1) is 89.1. The van der Waals surface area contributed by atoms with Crippen LogP contribution in [0.2, 0.25) is 0 Å². The lowest BCUT2D eigenvalue weighted by Crippen LogP contribution is -2.18. The number of aromatic amines is 5. The van der Waals surface area contributed by atoms with Gasteiger partial charge in [0.1, 0.15) is 50.4 Å². The van der Waals surface area contributed by atoms with E-state index in [0.717, 1.165) is 213 Å². The molecule has 38 nitrogen and oxygen atoms in total. The van der Waals surface area contributed by atoms with Crippen LogP contribution < -0.4 is 31.9 Å². The number of H-pyrrole nitrogens is 5. The van der Waals surface area contributed by atoms with E-state index in [-0.39, 0.29) is 0 Å². The maximum absolute atomic E-state index is 4.72. The normalized spacial score (nSPS) is 13.4. The van der Waals surface area contributed by atoms with E-state index >= 15 is 0 Å². The number of rotatable bonds is 21. The van der Waals surface area contributed by atoms with Gasteiger partial charge in [0.25, 0.3) is 0 Å². The van der Waals surface area contributed by atoms with Gasteiger partial charge in [-0.1, -0.05) is 40.5 Å². The van der Waals surface area contributed by atoms with Crippen LogP contribution in [-0.2, 0) is 26.7 Å². The molecule has 22 aromatic rings. The molecule has 698 valence electrons. The third kappa shape index (κ3) is 19.2. The van der Waals surface area contributed by atoms with Gasteiger partial charge in [0.2, 0.25) is 5.65 Å². The molecule has 1 fully saturated rings. The van der Waals surface area contributed by atoms with E-state index in [1.807, 2.05) is 139 Å². The molecule has 0 unspecified atom stereocenters. The number of aryl methyl sites for hydroxylation is 4. The topological polar surface area (TPSA) is 451 Å². The first-order chi connectivity index (χ1) is 67.4. The number of aromatic nitrogens is 31. The van der Waals surface area contributed by atoms with Gasteiger partial charge in [-0.15, -0.1) is 0 Å². The highest BCUT2D eigenvalue weighted by Gasteiger charge is 2.25. The number of hydrogen-bond donors (Lipinski definition) is 11. The van der Waals surface area contributed by atoms with Crippen LogP contribution in [0.3, 0.4) is 0 Å². The highest BCUT2D eigenvalue weighted by atomic mass is 15.3. The van der Waals surface area contributed by atoms with Crippen LogP contribution >= 0.6 is 0 Å². The second-order valence-electron chi connectivity index (χ2n) is 36.1. The van der Waals surface area contributed by atoms with E-state index in [2.05, 4.69) is 282 Å². The second-order valence-corrected chi connectivity index (χ2v) is 36.1. The fourth-order valence-electron chi connectivity index (χ4n) is 17.3. The molecule has 11 N–H and O–H groups in total. The number of anilines is 11. The number of nitrogens with zero attached hydrogens (tertiary/aromatic N) is 27. The van der Waals surface area contributed by atoms with Gasteiger partial charge in [-0.25, -0.2) is 44.3 Å². The molecule has 0 bridgehead atoms. The summed E-state index contributed by atoms with van der Waals surface area (Å²) in [5.74, 6) is 6.59. The third-order valence-electron chi connectivity index (χ3n) is 25.1. The summed E-state index contributed by atoms with van der Waals surface area (Å²) in [6.07, 6.45) is 40.5. The van der Waals surface area contributed by atoms with Crippen molar-refractivity contribution in [2.24, 2.45) is 29.8 Å². The summed E-state index contributed by atoms with van der Waals surface area (Å²) in [6.45, 7) is 25.1. The van der Waals surface area contributed by atoms with E-state index in [1.165, 1.54) is 49.7 Å². The predicted octanol–water partition coefficient (Wildman–Crippen LogP) is 20.8. The Hall–Kier alpha value is -16.8. The van der Waals surface area contributed by atoms with Gasteiger partial charge in [-0.2, -0.15) is 40.8 Å². The Morgan fingerprint density at radius 3 is 1.41 bits per heavy atom. The van der Waals surface area contributed by atoms with Crippen LogP contribution in [-0.4, -0.2) is 166 Å². The highest BCUT2D eigenvalue weighted by Crippen LogP contribution is 2.36. The quantitative estimate of drug-likeness (QED) is 0.0318. The molecule has 2 aliphatic carbocycles. The molecule has 0 spiro atoms. The molecule has 0 aromatic carbocycles. The minimum Gasteiger partial charge on any atom is -0.339 e. The molecule has 38 heteroatoms. The Bertz CT molecular complexity index is 7990. The van der Waals surface area contributed by atoms with E-state index < -0.39 is 0 Å². The van der Waals surface area contributed by atoms with Crippen LogP contribution in [0.15, 0.2) is 218 Å². The minimum atomic E-state index is 0.385. The number of nitrogens with one attached hydrogen (secondary N) is 11. The predicted molar refractivity (Wildman–Crippen MR) is 544 cm³/mol. The molecule has 1 atom stereocenters. The summed E-state index contributed by atoms with van der Waals surface area (Å²) in [6, 6.07) is 34.8. The number of pyridine rings is 10. The van der Waals surface area contributed by atoms with Gasteiger partial charge in [0.05, 0.1) is 123 Å². The molecule has 138 heavy (non-hydrogen) atoms. The van der Waals surface area contributed by atoms with Gasteiger partial charge in [0, 0.05) is 121 Å². The first-order valence-electron chi connectivity index (χ1n) is 46.9. The fourth-order valence-corrected chi connectivity index (χ4v) is 17.3. The molecule has 1 aliphatic heterocycles. The molecule has 22 aromatic heterocycles. The van der Waals surface area contributed by atoms with Crippen molar-refractivity contribution in [1.82, 2.24) is 154 Å². The molecular formula is C100H108N38. The maximum Gasteiger partial charge on any atom is 0.201 e. The van der Waals surface area contributed by atoms with Gasteiger partial charge >= 0.3 is 0 Å². The Labute approximate surface area is 791 Å². The molecule has 1 saturated carbocycles. The summed E-state index contributed by atoms with van der Waals surface area (Å²) >= 11 is 0. The van der Waals surface area contributed by atoms with Crippen molar-refractivity contribution in [3.8, 4) is 0 Å². The van der Waals surface area contributed by atoms with E-state index in [1.54, 1.807) is 43.4 Å². The van der Waals surface area contributed by atoms with Gasteiger partial charge in [-0.05, 0) is 219 Å². The van der Waals surface area contributed by atoms with Crippen molar-refractivity contribution in [2.75, 3.05) is 38.4 Å². The van der Waals surface area contributed by atoms with Gasteiger partial charge in [0.15, 0.2) is 45.9 Å². The average molecular weight is 1840 g/mol. The van der Waals surface area contributed by atoms with E-state index in [9.17, 15) is 0 Å². The molecule has 0 amide bonds. The standard InChI is InChI=1S/C19H23N5.2C18H21N7.C16H16N6.C15H15N7.C14H12N6/c1-2-7-16-14(6-1)9-21-19(16)23-15-8-18-17(20-10-15)11-22-24(18)12-13-4-3-5-13;1-11(2)6-8-25-18-14(12(3)24-25)9-13(10-20-18)21-17-16-15(22-23-17)5-4-7-19-16;1-4-11(2)10-25-18-14(12(3)24-25)8-13(9-20-18)21-17-16-15(22-23-17)6-5-7-19-16;1-10(2)22-7-5-11-8-12(9-18-16(11)22)19-15-14-13(20-21-15)4-3-6-17-14;1-9(2)22-6-3-10-7-11(8-18-15(10)22)19-14-12-13(20-21-14)17-5-4-16-12;1-20-6-4-9-7-10(8-16-14(9)20)17-13-12-11(18-19-13)3-2-5-15-12/h8,10-11,13H,1-7,9,12H2,(H,21,23);4-5,7,9-11H,6,8H2,1-3H3,(H2,21,22,23);5-9,11H,4,10H2,1-3H3,(H2,21,22,23);3-10H,1-2H3,(H2,19,20,21);3-9H,1-2H3,(H2,17,19,20,21);2-8H,1H3,(H2,17,18,19)/t;;11-;;;/m..0.../s1. The van der Waals surface area contributed by atoms with Crippen LogP contribution in [0.4, 0.5) is 63.2 Å². The highest BCUT2D eigenvalue weighted by molar-refractivity contribution is 6.10. The van der Waals surface area contributed by atoms with Gasteiger partial charge < -0.3 is 45.6 Å². The second kappa shape index (κ2) is 39.4. The number of fused-ring (bicyclic) bond motifs is 11. The summed E-state index contributed by atoms with van der Waals surface area (Å²) in [4.78, 5) is 58.0. The summed E-state index contributed by atoms with van der Waals surface area (Å²) < 4.78 is 12.4. The van der Waals surface area contributed by atoms with Crippen LogP contribution in [0.25, 0.3) is 121 Å². The van der Waals surface area contributed by atoms with Crippen molar-refractivity contribution < 1.29 is 0 Å². The smallest absolute Gasteiger partial charge is 0.201 e. The molecule has 0 radical (unpaired) electrons. The lowest BCUT2D eigenvalue weighted by Gasteiger charge is -2.25. The lowest BCUT2D eigenvalue weighted by atomic mass is 9.85. The van der Waals surface area contributed by atoms with E-state index in [0.29, 0.717) is 64.2 Å². The summed E-state index contributed by atoms with van der Waals surface area (Å²) in [5.41, 5.74) is 25.5. The number of hydrogen-bond acceptors (Lipinski definition) is 27. The Kier molecular flexibility index (Phi) is 25.4. The van der Waals surface area contributed by atoms with Crippen LogP contribution in [0.5, 0.6) is 0 Å². The summed E-state index contributed by atoms with van der Waals surface area (Å²) in [5, 5.41) is 75.2. The fraction of sp³-hybridized carbons (Fsp3) is 0.290. The Morgan fingerprint density at radius 2 is 0.891 bits per heavy atom. The van der Waals surface area contributed by atoms with Crippen molar-refractivity contribution in [3.63, 3.8) is 0 Å². The first-order valence-corrected chi connectivity index (χ1v) is 46.9. The Morgan fingerprint density at radius 1 is 0.428 bits per heavy atom. The largest absolute Gasteiger partial charge is 0.339 e. The Balaban J connectivity index is 0.000000102. The van der Waals surface area contributed by atoms with Crippen molar-refractivity contribution >= 4 is 191 Å². The van der Waals surface area contributed by atoms with Crippen LogP contribution in [0.1, 0.15) is 137 Å². The zero-order chi connectivity index (χ0) is 94.4. The SMILES string of the molecule is CC(C)n1ccc2cc(Nc3[nH]nc4nccnc34)cnc21.CC(C)n1ccc2cc(Nc3n[nH]c4cccnc34)cnc21.CC[C@H](C)Cn1nc(C)c2cc(Nc3n[nH]c4cccnc34)cnc21.Cc1nn(CCC(C)C)c2ncc(Nc3n[nH]c4cccnc34)cc12.Cn1ccc2cc(Nc3n[nH]c4cccnc34)cnc21.c1nc2cnn(CC3CCC3)c2cc1NC1=NCC2=C1CCCC2. The maximum atomic E-state index is 4.72. The molecular weight excluding hydrogens is 1730 g/mol. The molecule has 0 saturated heterocycles. The minimum absolute atomic E-state index is 0.385. The van der Waals surface area contributed by atoms with Crippen molar-refractivity contribution in [3.05, 3.63) is 225 Å².